The molecule has 0 aliphatic carbocycles. The van der Waals surface area contributed by atoms with Gasteiger partial charge in [-0.1, -0.05) is 5.16 Å². The second-order valence-corrected chi connectivity index (χ2v) is 4.07. The highest BCUT2D eigenvalue weighted by molar-refractivity contribution is 9.10. The van der Waals surface area contributed by atoms with Crippen LogP contribution in [0.25, 0.3) is 0 Å². The Morgan fingerprint density at radius 1 is 1.47 bits per heavy atom. The van der Waals surface area contributed by atoms with Crippen LogP contribution in [-0.2, 0) is 6.61 Å². The van der Waals surface area contributed by atoms with Gasteiger partial charge in [0, 0.05) is 10.5 Å². The number of carbonyl (C=O) groups is 1. The van der Waals surface area contributed by atoms with E-state index in [1.54, 1.807) is 18.2 Å². The molecule has 0 aliphatic heterocycles. The molecule has 0 aliphatic rings. The van der Waals surface area contributed by atoms with Gasteiger partial charge in [-0.25, -0.2) is 4.79 Å². The van der Waals surface area contributed by atoms with Gasteiger partial charge >= 0.3 is 5.97 Å². The predicted octanol–water partition coefficient (Wildman–Crippen LogP) is 2.71. The van der Waals surface area contributed by atoms with E-state index < -0.39 is 5.97 Å². The highest BCUT2D eigenvalue weighted by atomic mass is 79.9. The molecule has 2 aromatic rings. The zero-order chi connectivity index (χ0) is 12.3. The molecule has 0 spiro atoms. The molecule has 2 rings (SSSR count). The Labute approximate surface area is 105 Å². The van der Waals surface area contributed by atoms with Gasteiger partial charge in [-0.3, -0.25) is 0 Å². The number of ether oxygens (including phenoxy) is 1. The van der Waals surface area contributed by atoms with Gasteiger partial charge in [0.15, 0.2) is 5.76 Å². The Hall–Kier alpha value is -1.82. The first-order valence-electron chi connectivity index (χ1n) is 4.72. The lowest BCUT2D eigenvalue weighted by atomic mass is 10.2. The third kappa shape index (κ3) is 2.85. The molecule has 0 amide bonds. The van der Waals surface area contributed by atoms with Gasteiger partial charge in [0.2, 0.25) is 0 Å². The van der Waals surface area contributed by atoms with Crippen LogP contribution in [0, 0.1) is 0 Å². The number of halogens is 1. The SMILES string of the molecule is O=C(O)c1cc(OCc2ccno2)ccc1Br. The topological polar surface area (TPSA) is 72.6 Å². The van der Waals surface area contributed by atoms with Crippen LogP contribution >= 0.6 is 15.9 Å². The largest absolute Gasteiger partial charge is 0.486 e. The third-order valence-corrected chi connectivity index (χ3v) is 2.73. The second kappa shape index (κ2) is 5.01. The normalized spacial score (nSPS) is 10.2. The lowest BCUT2D eigenvalue weighted by molar-refractivity contribution is 0.0695. The van der Waals surface area contributed by atoms with Gasteiger partial charge < -0.3 is 14.4 Å². The maximum atomic E-state index is 10.9. The van der Waals surface area contributed by atoms with Gasteiger partial charge in [0.25, 0.3) is 0 Å². The van der Waals surface area contributed by atoms with E-state index in [9.17, 15) is 4.79 Å². The standard InChI is InChI=1S/C11H8BrNO4/c12-10-2-1-7(5-9(10)11(14)15)16-6-8-3-4-13-17-8/h1-5H,6H2,(H,14,15). The van der Waals surface area contributed by atoms with E-state index in [2.05, 4.69) is 21.1 Å². The minimum Gasteiger partial charge on any atom is -0.486 e. The molecular formula is C11H8BrNO4. The Morgan fingerprint density at radius 2 is 2.29 bits per heavy atom. The van der Waals surface area contributed by atoms with Crippen LogP contribution in [0.1, 0.15) is 16.1 Å². The monoisotopic (exact) mass is 297 g/mol. The van der Waals surface area contributed by atoms with E-state index in [1.807, 2.05) is 0 Å². The van der Waals surface area contributed by atoms with E-state index in [4.69, 9.17) is 14.4 Å². The van der Waals surface area contributed by atoms with Crippen LogP contribution in [0.5, 0.6) is 5.75 Å². The number of carboxylic acid groups (broad SMARTS) is 1. The molecular weight excluding hydrogens is 290 g/mol. The van der Waals surface area contributed by atoms with Gasteiger partial charge in [0.05, 0.1) is 11.8 Å². The molecule has 0 unspecified atom stereocenters. The number of benzene rings is 1. The lowest BCUT2D eigenvalue weighted by Gasteiger charge is -2.05. The van der Waals surface area contributed by atoms with E-state index in [0.717, 1.165) is 0 Å². The molecule has 6 heteroatoms. The quantitative estimate of drug-likeness (QED) is 0.939. The summed E-state index contributed by atoms with van der Waals surface area (Å²) in [6.45, 7) is 0.209. The van der Waals surface area contributed by atoms with Crippen LogP contribution in [0.15, 0.2) is 39.5 Å². The van der Waals surface area contributed by atoms with Gasteiger partial charge in [0.1, 0.15) is 12.4 Å². The van der Waals surface area contributed by atoms with Gasteiger partial charge in [-0.15, -0.1) is 0 Å². The molecule has 0 saturated carbocycles. The number of carboxylic acids is 1. The van der Waals surface area contributed by atoms with Crippen molar-refractivity contribution >= 4 is 21.9 Å². The summed E-state index contributed by atoms with van der Waals surface area (Å²) >= 11 is 3.16. The Balaban J connectivity index is 2.11. The van der Waals surface area contributed by atoms with Crippen LogP contribution in [-0.4, -0.2) is 16.2 Å². The molecule has 0 saturated heterocycles. The molecule has 1 N–H and O–H groups in total. The predicted molar refractivity (Wildman–Crippen MR) is 61.9 cm³/mol. The number of hydrogen-bond donors (Lipinski definition) is 1. The van der Waals surface area contributed by atoms with E-state index in [-0.39, 0.29) is 12.2 Å². The van der Waals surface area contributed by atoms with Crippen molar-refractivity contribution in [1.29, 1.82) is 0 Å². The van der Waals surface area contributed by atoms with E-state index in [0.29, 0.717) is 16.0 Å². The average molecular weight is 298 g/mol. The molecule has 88 valence electrons. The second-order valence-electron chi connectivity index (χ2n) is 3.21. The van der Waals surface area contributed by atoms with Crippen LogP contribution in [0.3, 0.4) is 0 Å². The molecule has 17 heavy (non-hydrogen) atoms. The maximum absolute atomic E-state index is 10.9. The Bertz CT molecular complexity index is 524. The fraction of sp³-hybridized carbons (Fsp3) is 0.0909. The summed E-state index contributed by atoms with van der Waals surface area (Å²) in [7, 11) is 0. The molecule has 1 heterocycles. The summed E-state index contributed by atoms with van der Waals surface area (Å²) in [6.07, 6.45) is 1.52. The third-order valence-electron chi connectivity index (χ3n) is 2.04. The van der Waals surface area contributed by atoms with Crippen molar-refractivity contribution in [3.8, 4) is 5.75 Å². The van der Waals surface area contributed by atoms with Crippen LogP contribution < -0.4 is 4.74 Å². The highest BCUT2D eigenvalue weighted by Gasteiger charge is 2.10. The van der Waals surface area contributed by atoms with Crippen molar-refractivity contribution in [2.24, 2.45) is 0 Å². The van der Waals surface area contributed by atoms with E-state index >= 15 is 0 Å². The average Bonchev–Trinajstić information content (AvgIpc) is 2.80. The number of aromatic nitrogens is 1. The number of hydrogen-bond acceptors (Lipinski definition) is 4. The Kier molecular flexibility index (Phi) is 3.43. The van der Waals surface area contributed by atoms with Gasteiger partial charge in [-0.2, -0.15) is 0 Å². The van der Waals surface area contributed by atoms with Crippen molar-refractivity contribution in [2.75, 3.05) is 0 Å². The van der Waals surface area contributed by atoms with Crippen molar-refractivity contribution in [1.82, 2.24) is 5.16 Å². The summed E-state index contributed by atoms with van der Waals surface area (Å²) in [5.41, 5.74) is 0.153. The minimum atomic E-state index is -1.01. The molecule has 1 aromatic heterocycles. The zero-order valence-electron chi connectivity index (χ0n) is 8.59. The molecule has 0 fully saturated rings. The van der Waals surface area contributed by atoms with Gasteiger partial charge in [-0.05, 0) is 34.1 Å². The Morgan fingerprint density at radius 3 is 2.94 bits per heavy atom. The zero-order valence-corrected chi connectivity index (χ0v) is 10.2. The molecule has 0 bridgehead atoms. The van der Waals surface area contributed by atoms with Crippen molar-refractivity contribution in [3.63, 3.8) is 0 Å². The number of rotatable bonds is 4. The molecule has 5 nitrogen and oxygen atoms in total. The van der Waals surface area contributed by atoms with E-state index in [1.165, 1.54) is 12.3 Å². The summed E-state index contributed by atoms with van der Waals surface area (Å²) in [4.78, 5) is 10.9. The molecule has 0 atom stereocenters. The first kappa shape index (κ1) is 11.7. The molecule has 0 radical (unpaired) electrons. The lowest BCUT2D eigenvalue weighted by Crippen LogP contribution is -2.00. The van der Waals surface area contributed by atoms with Crippen LogP contribution in [0.4, 0.5) is 0 Å². The fourth-order valence-corrected chi connectivity index (χ4v) is 1.65. The van der Waals surface area contributed by atoms with Crippen molar-refractivity contribution < 1.29 is 19.2 Å². The summed E-state index contributed by atoms with van der Waals surface area (Å²) < 4.78 is 10.7. The summed E-state index contributed by atoms with van der Waals surface area (Å²) in [6, 6.07) is 6.42. The van der Waals surface area contributed by atoms with Crippen molar-refractivity contribution in [2.45, 2.75) is 6.61 Å². The smallest absolute Gasteiger partial charge is 0.336 e. The summed E-state index contributed by atoms with van der Waals surface area (Å²) in [5, 5.41) is 12.5. The number of aromatic carboxylic acids is 1. The van der Waals surface area contributed by atoms with Crippen molar-refractivity contribution in [3.05, 3.63) is 46.3 Å². The molecule has 1 aromatic carbocycles. The number of nitrogens with zero attached hydrogens (tertiary/aromatic N) is 1. The summed E-state index contributed by atoms with van der Waals surface area (Å²) in [5.74, 6) is 0.0220. The maximum Gasteiger partial charge on any atom is 0.336 e. The fourth-order valence-electron chi connectivity index (χ4n) is 1.23. The minimum absolute atomic E-state index is 0.153. The highest BCUT2D eigenvalue weighted by Crippen LogP contribution is 2.23. The van der Waals surface area contributed by atoms with Crippen LogP contribution in [0.2, 0.25) is 0 Å². The first-order chi connectivity index (χ1) is 8.16. The first-order valence-corrected chi connectivity index (χ1v) is 5.51.